The molecule has 1 atom stereocenters. The van der Waals surface area contributed by atoms with Crippen molar-refractivity contribution >= 4 is 29.1 Å². The van der Waals surface area contributed by atoms with E-state index in [0.717, 1.165) is 22.3 Å². The predicted octanol–water partition coefficient (Wildman–Crippen LogP) is 5.37. The molecular formula is C28H23F3N4O3S. The number of amides is 3. The number of primary amides is 1. The van der Waals surface area contributed by atoms with Crippen LogP contribution in [0, 0.1) is 0 Å². The molecule has 200 valence electrons. The van der Waals surface area contributed by atoms with E-state index in [2.05, 4.69) is 5.10 Å². The Hall–Kier alpha value is -4.25. The van der Waals surface area contributed by atoms with E-state index in [4.69, 9.17) is 5.73 Å². The summed E-state index contributed by atoms with van der Waals surface area (Å²) < 4.78 is 43.5. The molecule has 0 saturated heterocycles. The minimum Gasteiger partial charge on any atom is -0.365 e. The van der Waals surface area contributed by atoms with Crippen LogP contribution in [-0.2, 0) is 19.1 Å². The average Bonchev–Trinajstić information content (AvgIpc) is 3.61. The normalized spacial score (nSPS) is 14.1. The van der Waals surface area contributed by atoms with Gasteiger partial charge in [0, 0.05) is 35.6 Å². The Kier molecular flexibility index (Phi) is 6.85. The Morgan fingerprint density at radius 2 is 1.64 bits per heavy atom. The quantitative estimate of drug-likeness (QED) is 0.297. The summed E-state index contributed by atoms with van der Waals surface area (Å²) >= 11 is 1.05. The number of aryl methyl sites for hydroxylation is 1. The third-order valence-corrected chi connectivity index (χ3v) is 8.05. The summed E-state index contributed by atoms with van der Waals surface area (Å²) in [5.74, 6) is -2.50. The number of carbonyl (C=O) groups excluding carboxylic acids is 3. The van der Waals surface area contributed by atoms with E-state index in [-0.39, 0.29) is 34.5 Å². The van der Waals surface area contributed by atoms with Crippen LogP contribution in [0.5, 0.6) is 0 Å². The second-order valence-electron chi connectivity index (χ2n) is 9.11. The van der Waals surface area contributed by atoms with Crippen molar-refractivity contribution in [2.24, 2.45) is 5.73 Å². The number of hydrogen-bond acceptors (Lipinski definition) is 5. The summed E-state index contributed by atoms with van der Waals surface area (Å²) in [6, 6.07) is 14.9. The van der Waals surface area contributed by atoms with Gasteiger partial charge < -0.3 is 5.73 Å². The van der Waals surface area contributed by atoms with Crippen LogP contribution in [0.15, 0.2) is 66.9 Å². The van der Waals surface area contributed by atoms with Crippen LogP contribution in [0.1, 0.15) is 59.2 Å². The van der Waals surface area contributed by atoms with Crippen LogP contribution in [0.4, 0.5) is 13.2 Å². The fourth-order valence-corrected chi connectivity index (χ4v) is 6.06. The van der Waals surface area contributed by atoms with Gasteiger partial charge in [0.1, 0.15) is 0 Å². The van der Waals surface area contributed by atoms with E-state index in [1.165, 1.54) is 18.2 Å². The molecule has 39 heavy (non-hydrogen) atoms. The number of rotatable bonds is 8. The number of carbonyl (C=O) groups is 3. The van der Waals surface area contributed by atoms with Crippen LogP contribution in [-0.4, -0.2) is 38.9 Å². The molecule has 0 bridgehead atoms. The number of alkyl halides is 3. The lowest BCUT2D eigenvalue weighted by Gasteiger charge is -2.24. The zero-order chi connectivity index (χ0) is 27.9. The van der Waals surface area contributed by atoms with Crippen molar-refractivity contribution in [3.8, 4) is 11.3 Å². The second kappa shape index (κ2) is 10.1. The number of thiophene rings is 1. The highest BCUT2D eigenvalue weighted by atomic mass is 32.1. The lowest BCUT2D eigenvalue weighted by molar-refractivity contribution is -0.138. The molecule has 7 nitrogen and oxygen atoms in total. The number of aromatic nitrogens is 2. The lowest BCUT2D eigenvalue weighted by Crippen LogP contribution is -2.34. The van der Waals surface area contributed by atoms with Crippen LogP contribution in [0.3, 0.4) is 0 Å². The third-order valence-electron chi connectivity index (χ3n) is 6.74. The number of halogens is 3. The van der Waals surface area contributed by atoms with E-state index < -0.39 is 35.4 Å². The Labute approximate surface area is 225 Å². The molecule has 0 fully saturated rings. The van der Waals surface area contributed by atoms with Gasteiger partial charge in [-0.15, -0.1) is 11.3 Å². The van der Waals surface area contributed by atoms with Gasteiger partial charge in [0.2, 0.25) is 0 Å². The Morgan fingerprint density at radius 3 is 2.26 bits per heavy atom. The number of imide groups is 1. The van der Waals surface area contributed by atoms with Gasteiger partial charge in [0.25, 0.3) is 17.7 Å². The minimum atomic E-state index is -4.60. The van der Waals surface area contributed by atoms with Gasteiger partial charge in [-0.25, -0.2) is 0 Å². The van der Waals surface area contributed by atoms with Crippen molar-refractivity contribution in [2.45, 2.75) is 32.0 Å². The van der Waals surface area contributed by atoms with Gasteiger partial charge in [0.05, 0.1) is 27.3 Å². The van der Waals surface area contributed by atoms with Crippen LogP contribution < -0.4 is 5.73 Å². The van der Waals surface area contributed by atoms with Gasteiger partial charge in [-0.2, -0.15) is 18.3 Å². The van der Waals surface area contributed by atoms with Crippen molar-refractivity contribution in [1.29, 1.82) is 0 Å². The van der Waals surface area contributed by atoms with Crippen LogP contribution in [0.2, 0.25) is 0 Å². The summed E-state index contributed by atoms with van der Waals surface area (Å²) in [6.45, 7) is 2.20. The molecule has 0 spiro atoms. The van der Waals surface area contributed by atoms with Gasteiger partial charge in [-0.3, -0.25) is 24.0 Å². The van der Waals surface area contributed by atoms with Crippen molar-refractivity contribution in [3.05, 3.63) is 98.9 Å². The van der Waals surface area contributed by atoms with Gasteiger partial charge in [-0.1, -0.05) is 30.3 Å². The predicted molar refractivity (Wildman–Crippen MR) is 139 cm³/mol. The molecule has 1 aliphatic heterocycles. The Morgan fingerprint density at radius 1 is 1.00 bits per heavy atom. The minimum absolute atomic E-state index is 0.00980. The number of hydrogen-bond donors (Lipinski definition) is 1. The summed E-state index contributed by atoms with van der Waals surface area (Å²) in [5.41, 5.74) is 6.51. The monoisotopic (exact) mass is 552 g/mol. The molecule has 11 heteroatoms. The fourth-order valence-electron chi connectivity index (χ4n) is 4.95. The first kappa shape index (κ1) is 26.4. The van der Waals surface area contributed by atoms with Crippen LogP contribution in [0.25, 0.3) is 11.3 Å². The van der Waals surface area contributed by atoms with Crippen LogP contribution >= 0.6 is 11.3 Å². The molecule has 2 aromatic heterocycles. The van der Waals surface area contributed by atoms with Crippen molar-refractivity contribution in [1.82, 2.24) is 14.7 Å². The highest BCUT2D eigenvalue weighted by Gasteiger charge is 2.39. The Balaban J connectivity index is 1.65. The first-order valence-corrected chi connectivity index (χ1v) is 13.0. The fraction of sp³-hybridized carbons (Fsp3) is 0.214. The van der Waals surface area contributed by atoms with E-state index >= 15 is 0 Å². The zero-order valence-corrected chi connectivity index (χ0v) is 21.6. The summed E-state index contributed by atoms with van der Waals surface area (Å²) in [6.07, 6.45) is -3.16. The Bertz CT molecular complexity index is 1560. The average molecular weight is 553 g/mol. The molecule has 0 unspecified atom stereocenters. The van der Waals surface area contributed by atoms with E-state index in [1.807, 2.05) is 6.92 Å². The standard InChI is InChI=1S/C28H23F3N4O3S/c1-2-35-22(11-12-33-35)20-14-23(25(32)36)39-24(20)17(13-16-7-3-6-10-21(16)28(29,30)31)15-34-26(37)18-8-4-5-9-19(18)27(34)38/h3-12,14,17H,2,13,15H2,1H3,(H2,32,36)/t17-/m0/s1. The topological polar surface area (TPSA) is 98.3 Å². The highest BCUT2D eigenvalue weighted by molar-refractivity contribution is 7.14. The molecule has 0 aliphatic carbocycles. The molecule has 5 rings (SSSR count). The molecular weight excluding hydrogens is 529 g/mol. The molecule has 2 aromatic carbocycles. The smallest absolute Gasteiger partial charge is 0.365 e. The number of nitrogens with zero attached hydrogens (tertiary/aromatic N) is 3. The maximum atomic E-state index is 13.9. The largest absolute Gasteiger partial charge is 0.416 e. The van der Waals surface area contributed by atoms with Gasteiger partial charge in [-0.05, 0) is 49.2 Å². The maximum absolute atomic E-state index is 13.9. The molecule has 3 heterocycles. The van der Waals surface area contributed by atoms with E-state index in [9.17, 15) is 27.6 Å². The molecule has 2 N–H and O–H groups in total. The van der Waals surface area contributed by atoms with E-state index in [1.54, 1.807) is 47.3 Å². The van der Waals surface area contributed by atoms with Gasteiger partial charge >= 0.3 is 6.18 Å². The molecule has 0 saturated carbocycles. The summed E-state index contributed by atoms with van der Waals surface area (Å²) in [5, 5.41) is 4.29. The molecule has 0 radical (unpaired) electrons. The number of nitrogens with two attached hydrogens (primary N) is 1. The van der Waals surface area contributed by atoms with Crippen molar-refractivity contribution in [2.75, 3.05) is 6.54 Å². The van der Waals surface area contributed by atoms with Crippen molar-refractivity contribution in [3.63, 3.8) is 0 Å². The lowest BCUT2D eigenvalue weighted by atomic mass is 9.91. The molecule has 1 aliphatic rings. The first-order valence-electron chi connectivity index (χ1n) is 12.2. The first-order chi connectivity index (χ1) is 18.6. The third kappa shape index (κ3) is 4.85. The number of benzene rings is 2. The zero-order valence-electron chi connectivity index (χ0n) is 20.7. The molecule has 4 aromatic rings. The summed E-state index contributed by atoms with van der Waals surface area (Å²) in [4.78, 5) is 40.4. The molecule has 3 amide bonds. The van der Waals surface area contributed by atoms with Crippen molar-refractivity contribution < 1.29 is 27.6 Å². The number of fused-ring (bicyclic) bond motifs is 1. The second-order valence-corrected chi connectivity index (χ2v) is 10.2. The van der Waals surface area contributed by atoms with Gasteiger partial charge in [0.15, 0.2) is 0 Å². The maximum Gasteiger partial charge on any atom is 0.416 e. The SMILES string of the molecule is CCn1nccc1-c1cc(C(N)=O)sc1[C@@H](Cc1ccccc1C(F)(F)F)CN1C(=O)c2ccccc2C1=O. The highest BCUT2D eigenvalue weighted by Crippen LogP contribution is 2.41. The van der Waals surface area contributed by atoms with E-state index in [0.29, 0.717) is 22.7 Å². The summed E-state index contributed by atoms with van der Waals surface area (Å²) in [7, 11) is 0.